The van der Waals surface area contributed by atoms with E-state index in [1.807, 2.05) is 6.92 Å². The van der Waals surface area contributed by atoms with Gasteiger partial charge < -0.3 is 10.2 Å². The van der Waals surface area contributed by atoms with Gasteiger partial charge in [-0.25, -0.2) is 13.2 Å². The third-order valence-electron chi connectivity index (χ3n) is 3.33. The lowest BCUT2D eigenvalue weighted by Gasteiger charge is -2.27. The first kappa shape index (κ1) is 15.1. The van der Waals surface area contributed by atoms with Crippen LogP contribution < -0.4 is 5.32 Å². The number of urea groups is 1. The van der Waals surface area contributed by atoms with Crippen LogP contribution in [-0.2, 0) is 9.84 Å². The van der Waals surface area contributed by atoms with Crippen molar-refractivity contribution in [1.82, 2.24) is 4.90 Å². The van der Waals surface area contributed by atoms with Gasteiger partial charge in [0.25, 0.3) is 0 Å². The molecule has 0 aliphatic carbocycles. The SMILES string of the molecule is CCN(C(=O)Nc1cccc(Cl)c1)C1CCS(=O)(=O)C1. The van der Waals surface area contributed by atoms with Crippen LogP contribution in [0.1, 0.15) is 13.3 Å². The fourth-order valence-corrected chi connectivity index (χ4v) is 4.27. The average Bonchev–Trinajstić information content (AvgIpc) is 2.70. The Morgan fingerprint density at radius 2 is 2.25 bits per heavy atom. The summed E-state index contributed by atoms with van der Waals surface area (Å²) in [4.78, 5) is 13.8. The van der Waals surface area contributed by atoms with Crippen LogP contribution in [0.3, 0.4) is 0 Å². The number of carbonyl (C=O) groups excluding carboxylic acids is 1. The first-order valence-electron chi connectivity index (χ1n) is 6.45. The van der Waals surface area contributed by atoms with Gasteiger partial charge in [0, 0.05) is 23.3 Å². The molecule has 1 aliphatic heterocycles. The van der Waals surface area contributed by atoms with E-state index in [4.69, 9.17) is 11.6 Å². The van der Waals surface area contributed by atoms with E-state index >= 15 is 0 Å². The van der Waals surface area contributed by atoms with Crippen molar-refractivity contribution in [2.45, 2.75) is 19.4 Å². The molecule has 1 N–H and O–H groups in total. The number of anilines is 1. The smallest absolute Gasteiger partial charge is 0.321 e. The van der Waals surface area contributed by atoms with Gasteiger partial charge in [-0.05, 0) is 31.5 Å². The van der Waals surface area contributed by atoms with Gasteiger partial charge in [-0.15, -0.1) is 0 Å². The van der Waals surface area contributed by atoms with E-state index < -0.39 is 9.84 Å². The van der Waals surface area contributed by atoms with Gasteiger partial charge in [-0.3, -0.25) is 0 Å². The molecular formula is C13H17ClN2O3S. The summed E-state index contributed by atoms with van der Waals surface area (Å²) < 4.78 is 23.0. The lowest BCUT2D eigenvalue weighted by Crippen LogP contribution is -2.43. The summed E-state index contributed by atoms with van der Waals surface area (Å²) >= 11 is 5.86. The second-order valence-corrected chi connectivity index (χ2v) is 7.45. The van der Waals surface area contributed by atoms with Crippen molar-refractivity contribution in [3.63, 3.8) is 0 Å². The largest absolute Gasteiger partial charge is 0.322 e. The normalized spacial score (nSPS) is 20.6. The zero-order valence-electron chi connectivity index (χ0n) is 11.2. The molecule has 1 aliphatic rings. The summed E-state index contributed by atoms with van der Waals surface area (Å²) in [5.41, 5.74) is 0.599. The molecule has 20 heavy (non-hydrogen) atoms. The molecule has 1 aromatic rings. The number of hydrogen-bond donors (Lipinski definition) is 1. The van der Waals surface area contributed by atoms with Crippen LogP contribution in [0.25, 0.3) is 0 Å². The monoisotopic (exact) mass is 316 g/mol. The Morgan fingerprint density at radius 1 is 1.50 bits per heavy atom. The molecule has 0 saturated carbocycles. The van der Waals surface area contributed by atoms with Crippen LogP contribution in [0.2, 0.25) is 5.02 Å². The number of amides is 2. The van der Waals surface area contributed by atoms with E-state index in [-0.39, 0.29) is 23.6 Å². The number of carbonyl (C=O) groups is 1. The molecule has 0 radical (unpaired) electrons. The quantitative estimate of drug-likeness (QED) is 0.931. The Kier molecular flexibility index (Phi) is 4.55. The summed E-state index contributed by atoms with van der Waals surface area (Å²) in [6, 6.07) is 6.31. The van der Waals surface area contributed by atoms with Crippen molar-refractivity contribution >= 4 is 33.2 Å². The van der Waals surface area contributed by atoms with E-state index in [2.05, 4.69) is 5.32 Å². The van der Waals surface area contributed by atoms with E-state index in [0.717, 1.165) is 0 Å². The molecule has 0 aromatic heterocycles. The average molecular weight is 317 g/mol. The standard InChI is InChI=1S/C13H17ClN2O3S/c1-2-16(12-6-7-20(18,19)9-12)13(17)15-11-5-3-4-10(14)8-11/h3-5,8,12H,2,6-7,9H2,1H3,(H,15,17). The molecule has 110 valence electrons. The first-order valence-corrected chi connectivity index (χ1v) is 8.65. The highest BCUT2D eigenvalue weighted by atomic mass is 35.5. The molecule has 1 aromatic carbocycles. The number of hydrogen-bond acceptors (Lipinski definition) is 3. The lowest BCUT2D eigenvalue weighted by molar-refractivity contribution is 0.197. The summed E-state index contributed by atoms with van der Waals surface area (Å²) in [6.07, 6.45) is 0.499. The third kappa shape index (κ3) is 3.64. The fourth-order valence-electron chi connectivity index (χ4n) is 2.35. The Hall–Kier alpha value is -1.27. The molecule has 1 fully saturated rings. The molecule has 5 nitrogen and oxygen atoms in total. The number of benzene rings is 1. The van der Waals surface area contributed by atoms with Crippen LogP contribution in [0.5, 0.6) is 0 Å². The maximum absolute atomic E-state index is 12.2. The molecular weight excluding hydrogens is 300 g/mol. The second kappa shape index (κ2) is 6.01. The Bertz CT molecular complexity index is 603. The van der Waals surface area contributed by atoms with E-state index in [1.165, 1.54) is 0 Å². The van der Waals surface area contributed by atoms with Gasteiger partial charge in [0.1, 0.15) is 0 Å². The molecule has 2 amide bonds. The van der Waals surface area contributed by atoms with Crippen molar-refractivity contribution in [1.29, 1.82) is 0 Å². The van der Waals surface area contributed by atoms with Gasteiger partial charge in [0.05, 0.1) is 11.5 Å². The zero-order valence-corrected chi connectivity index (χ0v) is 12.7. The van der Waals surface area contributed by atoms with Gasteiger partial charge in [-0.1, -0.05) is 17.7 Å². The molecule has 0 spiro atoms. The highest BCUT2D eigenvalue weighted by Crippen LogP contribution is 2.20. The van der Waals surface area contributed by atoms with Gasteiger partial charge in [0.2, 0.25) is 0 Å². The fraction of sp³-hybridized carbons (Fsp3) is 0.462. The summed E-state index contributed by atoms with van der Waals surface area (Å²) in [7, 11) is -3.01. The third-order valence-corrected chi connectivity index (χ3v) is 5.31. The van der Waals surface area contributed by atoms with Crippen molar-refractivity contribution < 1.29 is 13.2 Å². The summed E-state index contributed by atoms with van der Waals surface area (Å²) in [5.74, 6) is 0.197. The van der Waals surface area contributed by atoms with E-state index in [1.54, 1.807) is 29.2 Å². The van der Waals surface area contributed by atoms with Crippen molar-refractivity contribution in [2.75, 3.05) is 23.4 Å². The maximum Gasteiger partial charge on any atom is 0.322 e. The van der Waals surface area contributed by atoms with Crippen molar-refractivity contribution in [3.8, 4) is 0 Å². The first-order chi connectivity index (χ1) is 9.41. The molecule has 2 rings (SSSR count). The minimum Gasteiger partial charge on any atom is -0.321 e. The number of halogens is 1. The van der Waals surface area contributed by atoms with Crippen LogP contribution in [0.15, 0.2) is 24.3 Å². The molecule has 1 unspecified atom stereocenters. The summed E-state index contributed by atoms with van der Waals surface area (Å²) in [5, 5.41) is 3.28. The second-order valence-electron chi connectivity index (χ2n) is 4.78. The number of sulfone groups is 1. The Labute approximate surface area is 123 Å². The predicted molar refractivity (Wildman–Crippen MR) is 79.9 cm³/mol. The summed E-state index contributed by atoms with van der Waals surface area (Å²) in [6.45, 7) is 2.30. The van der Waals surface area contributed by atoms with Crippen LogP contribution in [-0.4, -0.2) is 43.4 Å². The van der Waals surface area contributed by atoms with Crippen LogP contribution in [0.4, 0.5) is 10.5 Å². The van der Waals surface area contributed by atoms with Gasteiger partial charge in [-0.2, -0.15) is 0 Å². The lowest BCUT2D eigenvalue weighted by atomic mass is 10.2. The van der Waals surface area contributed by atoms with E-state index in [9.17, 15) is 13.2 Å². The molecule has 1 saturated heterocycles. The highest BCUT2D eigenvalue weighted by molar-refractivity contribution is 7.91. The highest BCUT2D eigenvalue weighted by Gasteiger charge is 2.33. The molecule has 1 atom stereocenters. The van der Waals surface area contributed by atoms with Gasteiger partial charge >= 0.3 is 6.03 Å². The molecule has 1 heterocycles. The minimum atomic E-state index is -3.01. The number of nitrogens with one attached hydrogen (secondary N) is 1. The van der Waals surface area contributed by atoms with Crippen LogP contribution in [0, 0.1) is 0 Å². The van der Waals surface area contributed by atoms with Gasteiger partial charge in [0.15, 0.2) is 9.84 Å². The Balaban J connectivity index is 2.06. The maximum atomic E-state index is 12.2. The van der Waals surface area contributed by atoms with E-state index in [0.29, 0.717) is 23.7 Å². The predicted octanol–water partition coefficient (Wildman–Crippen LogP) is 2.38. The van der Waals surface area contributed by atoms with Crippen LogP contribution >= 0.6 is 11.6 Å². The molecule has 0 bridgehead atoms. The Morgan fingerprint density at radius 3 is 2.80 bits per heavy atom. The number of nitrogens with zero attached hydrogens (tertiary/aromatic N) is 1. The minimum absolute atomic E-state index is 0.0454. The zero-order chi connectivity index (χ0) is 14.8. The molecule has 7 heteroatoms. The topological polar surface area (TPSA) is 66.5 Å². The van der Waals surface area contributed by atoms with Crippen molar-refractivity contribution in [3.05, 3.63) is 29.3 Å². The number of rotatable bonds is 3. The van der Waals surface area contributed by atoms with Crippen molar-refractivity contribution in [2.24, 2.45) is 0 Å².